The predicted octanol–water partition coefficient (Wildman–Crippen LogP) is 2.81. The number of benzene rings is 2. The number of ether oxygens (including phenoxy) is 1. The van der Waals surface area contributed by atoms with E-state index in [0.29, 0.717) is 13.1 Å². The molecule has 0 bridgehead atoms. The van der Waals surface area contributed by atoms with Crippen LogP contribution in [0.1, 0.15) is 0 Å². The molecule has 0 fully saturated rings. The van der Waals surface area contributed by atoms with Crippen molar-refractivity contribution < 1.29 is 9.84 Å². The summed E-state index contributed by atoms with van der Waals surface area (Å²) in [7, 11) is 3.88. The van der Waals surface area contributed by atoms with Crippen molar-refractivity contribution >= 4 is 5.69 Å². The molecule has 1 atom stereocenters. The molecule has 112 valence electrons. The quantitative estimate of drug-likeness (QED) is 0.821. The Bertz CT molecular complexity index is 543. The molecule has 2 aromatic rings. The van der Waals surface area contributed by atoms with Gasteiger partial charge in [-0.3, -0.25) is 0 Å². The molecule has 0 spiro atoms. The maximum absolute atomic E-state index is 9.92. The average Bonchev–Trinajstić information content (AvgIpc) is 2.47. The fourth-order valence-electron chi connectivity index (χ4n) is 2.03. The Hall–Kier alpha value is -2.04. The molecule has 4 nitrogen and oxygen atoms in total. The van der Waals surface area contributed by atoms with Crippen molar-refractivity contribution in [2.24, 2.45) is 0 Å². The van der Waals surface area contributed by atoms with Crippen LogP contribution in [0.2, 0.25) is 0 Å². The lowest BCUT2D eigenvalue weighted by molar-refractivity contribution is 0.148. The monoisotopic (exact) mass is 286 g/mol. The van der Waals surface area contributed by atoms with E-state index in [1.54, 1.807) is 0 Å². The number of hydrogen-bond donors (Lipinski definition) is 2. The summed E-state index contributed by atoms with van der Waals surface area (Å²) < 4.78 is 5.87. The van der Waals surface area contributed by atoms with Crippen LogP contribution in [-0.2, 0) is 0 Å². The molecule has 0 saturated carbocycles. The zero-order valence-corrected chi connectivity index (χ0v) is 12.5. The van der Waals surface area contributed by atoms with Crippen LogP contribution in [0.25, 0.3) is 0 Å². The first-order chi connectivity index (χ1) is 10.1. The second-order valence-electron chi connectivity index (χ2n) is 5.21. The van der Waals surface area contributed by atoms with Gasteiger partial charge in [0.05, 0.1) is 11.8 Å². The van der Waals surface area contributed by atoms with Crippen LogP contribution in [0.15, 0.2) is 54.6 Å². The third-order valence-electron chi connectivity index (χ3n) is 2.96. The molecule has 0 aliphatic carbocycles. The van der Waals surface area contributed by atoms with E-state index in [-0.39, 0.29) is 0 Å². The topological polar surface area (TPSA) is 44.7 Å². The minimum absolute atomic E-state index is 0.426. The molecule has 0 aliphatic rings. The molecule has 2 N–H and O–H groups in total. The van der Waals surface area contributed by atoms with Crippen molar-refractivity contribution in [1.82, 2.24) is 4.90 Å². The molecule has 0 aromatic heterocycles. The Labute approximate surface area is 126 Å². The Morgan fingerprint density at radius 1 is 1.05 bits per heavy atom. The smallest absolute Gasteiger partial charge is 0.150 e. The van der Waals surface area contributed by atoms with E-state index in [4.69, 9.17) is 4.74 Å². The number of para-hydroxylation sites is 3. The highest BCUT2D eigenvalue weighted by atomic mass is 16.5. The number of anilines is 1. The highest BCUT2D eigenvalue weighted by Gasteiger charge is 2.08. The molecule has 2 aromatic carbocycles. The highest BCUT2D eigenvalue weighted by Crippen LogP contribution is 2.28. The van der Waals surface area contributed by atoms with Gasteiger partial charge in [0.25, 0.3) is 0 Å². The number of nitrogens with zero attached hydrogens (tertiary/aromatic N) is 1. The second-order valence-corrected chi connectivity index (χ2v) is 5.21. The molecule has 4 heteroatoms. The van der Waals surface area contributed by atoms with Gasteiger partial charge >= 0.3 is 0 Å². The van der Waals surface area contributed by atoms with Gasteiger partial charge in [0.2, 0.25) is 0 Å². The molecule has 21 heavy (non-hydrogen) atoms. The van der Waals surface area contributed by atoms with Crippen LogP contribution in [0, 0.1) is 0 Å². The summed E-state index contributed by atoms with van der Waals surface area (Å²) in [6.07, 6.45) is -0.426. The number of rotatable bonds is 7. The fourth-order valence-corrected chi connectivity index (χ4v) is 2.03. The summed E-state index contributed by atoms with van der Waals surface area (Å²) in [4.78, 5) is 1.96. The molecule has 0 saturated heterocycles. The van der Waals surface area contributed by atoms with Crippen LogP contribution in [0.5, 0.6) is 11.5 Å². The van der Waals surface area contributed by atoms with Gasteiger partial charge in [-0.15, -0.1) is 0 Å². The van der Waals surface area contributed by atoms with E-state index in [2.05, 4.69) is 5.32 Å². The summed E-state index contributed by atoms with van der Waals surface area (Å²) >= 11 is 0. The van der Waals surface area contributed by atoms with Crippen molar-refractivity contribution in [2.45, 2.75) is 6.10 Å². The van der Waals surface area contributed by atoms with Gasteiger partial charge in [0.15, 0.2) is 5.75 Å². The van der Waals surface area contributed by atoms with Crippen LogP contribution >= 0.6 is 0 Å². The lowest BCUT2D eigenvalue weighted by atomic mass is 10.2. The minimum atomic E-state index is -0.426. The predicted molar refractivity (Wildman–Crippen MR) is 86.0 cm³/mol. The van der Waals surface area contributed by atoms with E-state index in [1.807, 2.05) is 73.6 Å². The molecule has 0 radical (unpaired) electrons. The first kappa shape index (κ1) is 15.4. The number of hydrogen-bond acceptors (Lipinski definition) is 4. The summed E-state index contributed by atoms with van der Waals surface area (Å²) in [6, 6.07) is 17.4. The maximum atomic E-state index is 9.92. The minimum Gasteiger partial charge on any atom is -0.455 e. The van der Waals surface area contributed by atoms with E-state index in [9.17, 15) is 5.11 Å². The summed E-state index contributed by atoms with van der Waals surface area (Å²) in [5.74, 6) is 1.54. The first-order valence-electron chi connectivity index (χ1n) is 7.04. The van der Waals surface area contributed by atoms with Gasteiger partial charge in [-0.2, -0.15) is 0 Å². The highest BCUT2D eigenvalue weighted by molar-refractivity contribution is 5.57. The molecular weight excluding hydrogens is 264 g/mol. The van der Waals surface area contributed by atoms with Crippen molar-refractivity contribution in [3.05, 3.63) is 54.6 Å². The van der Waals surface area contributed by atoms with Gasteiger partial charge in [-0.25, -0.2) is 0 Å². The maximum Gasteiger partial charge on any atom is 0.150 e. The van der Waals surface area contributed by atoms with Crippen LogP contribution < -0.4 is 10.1 Å². The zero-order valence-electron chi connectivity index (χ0n) is 12.5. The molecule has 0 aliphatic heterocycles. The Kier molecular flexibility index (Phi) is 5.60. The van der Waals surface area contributed by atoms with E-state index < -0.39 is 6.10 Å². The van der Waals surface area contributed by atoms with E-state index in [1.165, 1.54) is 0 Å². The largest absolute Gasteiger partial charge is 0.455 e. The third-order valence-corrected chi connectivity index (χ3v) is 2.96. The van der Waals surface area contributed by atoms with Crippen molar-refractivity contribution in [1.29, 1.82) is 0 Å². The number of aliphatic hydroxyl groups excluding tert-OH is 1. The summed E-state index contributed by atoms with van der Waals surface area (Å²) in [5.41, 5.74) is 0.874. The van der Waals surface area contributed by atoms with Crippen molar-refractivity contribution in [3.63, 3.8) is 0 Å². The molecule has 0 amide bonds. The van der Waals surface area contributed by atoms with Crippen LogP contribution in [0.3, 0.4) is 0 Å². The fraction of sp³-hybridized carbons (Fsp3) is 0.294. The van der Waals surface area contributed by atoms with Gasteiger partial charge in [-0.05, 0) is 38.4 Å². The Balaban J connectivity index is 2.00. The standard InChI is InChI=1S/C17H22N2O2/c1-19(2)13-14(20)12-18-16-10-6-7-11-17(16)21-15-8-4-3-5-9-15/h3-11,14,18,20H,12-13H2,1-2H3. The van der Waals surface area contributed by atoms with Gasteiger partial charge in [-0.1, -0.05) is 30.3 Å². The number of likely N-dealkylation sites (N-methyl/N-ethyl adjacent to an activating group) is 1. The third kappa shape index (κ3) is 5.10. The van der Waals surface area contributed by atoms with Gasteiger partial charge < -0.3 is 20.1 Å². The first-order valence-corrected chi connectivity index (χ1v) is 7.04. The lowest BCUT2D eigenvalue weighted by Gasteiger charge is -2.18. The number of nitrogens with one attached hydrogen (secondary N) is 1. The van der Waals surface area contributed by atoms with Crippen LogP contribution in [-0.4, -0.2) is 43.3 Å². The van der Waals surface area contributed by atoms with Crippen LogP contribution in [0.4, 0.5) is 5.69 Å². The second kappa shape index (κ2) is 7.67. The van der Waals surface area contributed by atoms with Gasteiger partial charge in [0.1, 0.15) is 5.75 Å². The molecule has 2 rings (SSSR count). The summed E-state index contributed by atoms with van der Waals surface area (Å²) in [6.45, 7) is 1.10. The number of aliphatic hydroxyl groups is 1. The normalized spacial score (nSPS) is 12.2. The van der Waals surface area contributed by atoms with Crippen molar-refractivity contribution in [3.8, 4) is 11.5 Å². The SMILES string of the molecule is CN(C)CC(O)CNc1ccccc1Oc1ccccc1. The van der Waals surface area contributed by atoms with Crippen molar-refractivity contribution in [2.75, 3.05) is 32.5 Å². The van der Waals surface area contributed by atoms with Gasteiger partial charge in [0, 0.05) is 13.1 Å². The molecular formula is C17H22N2O2. The lowest BCUT2D eigenvalue weighted by Crippen LogP contribution is -2.31. The Morgan fingerprint density at radius 2 is 1.71 bits per heavy atom. The summed E-state index contributed by atoms with van der Waals surface area (Å²) in [5, 5.41) is 13.2. The molecule has 0 heterocycles. The molecule has 1 unspecified atom stereocenters. The van der Waals surface area contributed by atoms with E-state index in [0.717, 1.165) is 17.2 Å². The average molecular weight is 286 g/mol. The van der Waals surface area contributed by atoms with E-state index >= 15 is 0 Å². The Morgan fingerprint density at radius 3 is 2.43 bits per heavy atom. The zero-order chi connectivity index (χ0) is 15.1.